The third kappa shape index (κ3) is 2.14. The fourth-order valence-electron chi connectivity index (χ4n) is 1.37. The van der Waals surface area contributed by atoms with E-state index in [9.17, 15) is 5.11 Å². The van der Waals surface area contributed by atoms with E-state index in [2.05, 4.69) is 0 Å². The van der Waals surface area contributed by atoms with Gasteiger partial charge in [0.05, 0.1) is 14.2 Å². The molecule has 0 unspecified atom stereocenters. The predicted octanol–water partition coefficient (Wildman–Crippen LogP) is 0.368. The summed E-state index contributed by atoms with van der Waals surface area (Å²) in [6.45, 7) is 0.280. The van der Waals surface area contributed by atoms with Crippen molar-refractivity contribution in [1.82, 2.24) is 0 Å². The number of hydrogen-bond acceptors (Lipinski definition) is 5. The van der Waals surface area contributed by atoms with E-state index >= 15 is 0 Å². The van der Waals surface area contributed by atoms with Crippen molar-refractivity contribution in [3.63, 3.8) is 0 Å². The molecule has 5 N–H and O–H groups in total. The predicted molar refractivity (Wildman–Crippen MR) is 57.2 cm³/mol. The van der Waals surface area contributed by atoms with E-state index in [4.69, 9.17) is 20.9 Å². The van der Waals surface area contributed by atoms with Crippen LogP contribution in [0.15, 0.2) is 12.1 Å². The highest BCUT2D eigenvalue weighted by atomic mass is 16.5. The van der Waals surface area contributed by atoms with E-state index in [0.29, 0.717) is 17.1 Å². The maximum Gasteiger partial charge on any atom is 0.201 e. The van der Waals surface area contributed by atoms with Crippen LogP contribution in [0.2, 0.25) is 0 Å². The molecule has 0 fully saturated rings. The van der Waals surface area contributed by atoms with Gasteiger partial charge in [0.2, 0.25) is 5.75 Å². The second kappa shape index (κ2) is 4.86. The molecule has 0 saturated heterocycles. The molecule has 84 valence electrons. The molecule has 1 rings (SSSR count). The van der Waals surface area contributed by atoms with Gasteiger partial charge in [0.15, 0.2) is 11.5 Å². The number of aromatic hydroxyl groups is 1. The maximum absolute atomic E-state index is 9.77. The first-order valence-corrected chi connectivity index (χ1v) is 4.55. The second-order valence-electron chi connectivity index (χ2n) is 3.08. The molecule has 1 aromatic carbocycles. The number of phenolic OH excluding ortho intramolecular Hbond substituents is 1. The van der Waals surface area contributed by atoms with Gasteiger partial charge in [-0.15, -0.1) is 0 Å². The van der Waals surface area contributed by atoms with Gasteiger partial charge in [-0.2, -0.15) is 0 Å². The van der Waals surface area contributed by atoms with Gasteiger partial charge in [-0.05, 0) is 12.1 Å². The van der Waals surface area contributed by atoms with E-state index in [1.54, 1.807) is 12.1 Å². The number of nitrogens with two attached hydrogens (primary N) is 2. The van der Waals surface area contributed by atoms with E-state index in [1.807, 2.05) is 0 Å². The Morgan fingerprint density at radius 3 is 2.47 bits per heavy atom. The van der Waals surface area contributed by atoms with Gasteiger partial charge in [-0.25, -0.2) is 0 Å². The lowest BCUT2D eigenvalue weighted by molar-refractivity contribution is 0.335. The normalized spacial score (nSPS) is 12.3. The Morgan fingerprint density at radius 2 is 2.00 bits per heavy atom. The Labute approximate surface area is 88.6 Å². The second-order valence-corrected chi connectivity index (χ2v) is 3.08. The molecule has 0 aliphatic rings. The molecular weight excluding hydrogens is 196 g/mol. The molecule has 15 heavy (non-hydrogen) atoms. The van der Waals surface area contributed by atoms with Gasteiger partial charge in [0, 0.05) is 18.2 Å². The zero-order valence-electron chi connectivity index (χ0n) is 8.86. The molecule has 0 aliphatic carbocycles. The Hall–Kier alpha value is -1.46. The van der Waals surface area contributed by atoms with Gasteiger partial charge >= 0.3 is 0 Å². The lowest BCUT2D eigenvalue weighted by atomic mass is 10.1. The molecule has 0 spiro atoms. The summed E-state index contributed by atoms with van der Waals surface area (Å²) in [6.07, 6.45) is 0. The Balaban J connectivity index is 3.24. The molecular formula is C10H16N2O3. The van der Waals surface area contributed by atoms with Crippen LogP contribution < -0.4 is 20.9 Å². The van der Waals surface area contributed by atoms with Crippen molar-refractivity contribution >= 4 is 0 Å². The monoisotopic (exact) mass is 212 g/mol. The maximum atomic E-state index is 9.77. The molecule has 0 saturated carbocycles. The summed E-state index contributed by atoms with van der Waals surface area (Å²) < 4.78 is 10.0. The molecule has 1 aromatic rings. The third-order valence-electron chi connectivity index (χ3n) is 2.20. The summed E-state index contributed by atoms with van der Waals surface area (Å²) in [5.41, 5.74) is 11.9. The van der Waals surface area contributed by atoms with Gasteiger partial charge in [0.1, 0.15) is 0 Å². The highest BCUT2D eigenvalue weighted by molar-refractivity contribution is 5.55. The summed E-state index contributed by atoms with van der Waals surface area (Å²) in [4.78, 5) is 0. The lowest BCUT2D eigenvalue weighted by Gasteiger charge is -2.16. The average Bonchev–Trinajstić information content (AvgIpc) is 2.27. The van der Waals surface area contributed by atoms with Crippen LogP contribution >= 0.6 is 0 Å². The molecule has 0 bridgehead atoms. The first-order chi connectivity index (χ1) is 7.15. The standard InChI is InChI=1S/C10H16N2O3/c1-14-8-4-3-6(7(12)5-11)10(15-2)9(8)13/h3-4,7,13H,5,11-12H2,1-2H3/t7-/m1/s1. The van der Waals surface area contributed by atoms with Crippen molar-refractivity contribution in [2.45, 2.75) is 6.04 Å². The van der Waals surface area contributed by atoms with Crippen molar-refractivity contribution in [1.29, 1.82) is 0 Å². The Morgan fingerprint density at radius 1 is 1.33 bits per heavy atom. The van der Waals surface area contributed by atoms with Crippen molar-refractivity contribution < 1.29 is 14.6 Å². The molecule has 1 atom stereocenters. The summed E-state index contributed by atoms with van der Waals surface area (Å²) in [7, 11) is 2.93. The first-order valence-electron chi connectivity index (χ1n) is 4.55. The minimum absolute atomic E-state index is 0.0543. The smallest absolute Gasteiger partial charge is 0.201 e. The molecule has 0 aromatic heterocycles. The minimum atomic E-state index is -0.364. The highest BCUT2D eigenvalue weighted by Crippen LogP contribution is 2.40. The lowest BCUT2D eigenvalue weighted by Crippen LogP contribution is -2.21. The number of rotatable bonds is 4. The zero-order valence-corrected chi connectivity index (χ0v) is 8.86. The van der Waals surface area contributed by atoms with Crippen LogP contribution in [0.1, 0.15) is 11.6 Å². The summed E-state index contributed by atoms with van der Waals surface area (Å²) in [5.74, 6) is 0.605. The van der Waals surface area contributed by atoms with Crippen LogP contribution in [0.25, 0.3) is 0 Å². The molecule has 0 radical (unpaired) electrons. The van der Waals surface area contributed by atoms with E-state index < -0.39 is 0 Å². The summed E-state index contributed by atoms with van der Waals surface area (Å²) in [5, 5.41) is 9.77. The molecule has 5 nitrogen and oxygen atoms in total. The fraction of sp³-hybridized carbons (Fsp3) is 0.400. The third-order valence-corrected chi connectivity index (χ3v) is 2.20. The van der Waals surface area contributed by atoms with Crippen LogP contribution in [0.5, 0.6) is 17.2 Å². The Bertz CT molecular complexity index is 342. The summed E-state index contributed by atoms with van der Waals surface area (Å²) >= 11 is 0. The SMILES string of the molecule is COc1ccc([C@H](N)CN)c(OC)c1O. The molecule has 0 heterocycles. The van der Waals surface area contributed by atoms with E-state index in [1.165, 1.54) is 14.2 Å². The van der Waals surface area contributed by atoms with E-state index in [-0.39, 0.29) is 18.3 Å². The molecule has 0 aliphatic heterocycles. The van der Waals surface area contributed by atoms with Crippen molar-refractivity contribution in [2.75, 3.05) is 20.8 Å². The number of hydrogen-bond donors (Lipinski definition) is 3. The summed E-state index contributed by atoms with van der Waals surface area (Å²) in [6, 6.07) is 2.99. The molecule has 5 heteroatoms. The largest absolute Gasteiger partial charge is 0.502 e. The number of ether oxygens (including phenoxy) is 2. The van der Waals surface area contributed by atoms with Crippen LogP contribution in [-0.2, 0) is 0 Å². The van der Waals surface area contributed by atoms with E-state index in [0.717, 1.165) is 0 Å². The van der Waals surface area contributed by atoms with Crippen LogP contribution in [0.4, 0.5) is 0 Å². The van der Waals surface area contributed by atoms with Crippen molar-refractivity contribution in [3.05, 3.63) is 17.7 Å². The first kappa shape index (κ1) is 11.6. The van der Waals surface area contributed by atoms with Gasteiger partial charge in [0.25, 0.3) is 0 Å². The van der Waals surface area contributed by atoms with Gasteiger partial charge in [-0.3, -0.25) is 0 Å². The Kier molecular flexibility index (Phi) is 3.76. The quantitative estimate of drug-likeness (QED) is 0.670. The van der Waals surface area contributed by atoms with Gasteiger partial charge in [-0.1, -0.05) is 0 Å². The van der Waals surface area contributed by atoms with Crippen LogP contribution in [0, 0.1) is 0 Å². The van der Waals surface area contributed by atoms with Gasteiger partial charge < -0.3 is 26.0 Å². The highest BCUT2D eigenvalue weighted by Gasteiger charge is 2.17. The zero-order chi connectivity index (χ0) is 11.4. The van der Waals surface area contributed by atoms with Crippen LogP contribution in [0.3, 0.4) is 0 Å². The average molecular weight is 212 g/mol. The number of phenols is 1. The van der Waals surface area contributed by atoms with Crippen LogP contribution in [-0.4, -0.2) is 25.9 Å². The number of benzene rings is 1. The van der Waals surface area contributed by atoms with Crippen molar-refractivity contribution in [3.8, 4) is 17.2 Å². The molecule has 0 amide bonds. The topological polar surface area (TPSA) is 90.7 Å². The van der Waals surface area contributed by atoms with Crippen molar-refractivity contribution in [2.24, 2.45) is 11.5 Å². The minimum Gasteiger partial charge on any atom is -0.502 e. The number of methoxy groups -OCH3 is 2. The fourth-order valence-corrected chi connectivity index (χ4v) is 1.37.